The smallest absolute Gasteiger partial charge is 0.317 e. The standard InChI is InChI=1S/C14H16O4/c1-8-9(2)11(18-3)5-4-10(8)12(15)14(6-7-14)13(16)17/h4-5H,6-7H2,1-3H3,(H,16,17). The molecule has 0 aliphatic heterocycles. The normalized spacial score (nSPS) is 16.2. The zero-order valence-corrected chi connectivity index (χ0v) is 10.7. The van der Waals surface area contributed by atoms with Crippen molar-refractivity contribution in [2.45, 2.75) is 26.7 Å². The molecule has 96 valence electrons. The lowest BCUT2D eigenvalue weighted by Gasteiger charge is -2.14. The van der Waals surface area contributed by atoms with E-state index in [0.29, 0.717) is 24.2 Å². The summed E-state index contributed by atoms with van der Waals surface area (Å²) in [6.07, 6.45) is 0.872. The summed E-state index contributed by atoms with van der Waals surface area (Å²) in [7, 11) is 1.57. The number of hydrogen-bond donors (Lipinski definition) is 1. The first-order valence-corrected chi connectivity index (χ1v) is 5.86. The van der Waals surface area contributed by atoms with Crippen LogP contribution in [0.2, 0.25) is 0 Å². The van der Waals surface area contributed by atoms with Crippen LogP contribution in [0, 0.1) is 19.3 Å². The molecular formula is C14H16O4. The molecule has 2 rings (SSSR count). The van der Waals surface area contributed by atoms with Gasteiger partial charge in [0.15, 0.2) is 5.78 Å². The number of Topliss-reactive ketones (excluding diaryl/α,β-unsaturated/α-hetero) is 1. The van der Waals surface area contributed by atoms with E-state index in [9.17, 15) is 9.59 Å². The molecule has 0 unspecified atom stereocenters. The Morgan fingerprint density at radius 3 is 2.28 bits per heavy atom. The molecule has 4 nitrogen and oxygen atoms in total. The predicted molar refractivity (Wildman–Crippen MR) is 66.1 cm³/mol. The fourth-order valence-corrected chi connectivity index (χ4v) is 2.18. The minimum atomic E-state index is -1.17. The summed E-state index contributed by atoms with van der Waals surface area (Å²) in [6, 6.07) is 3.38. The van der Waals surface area contributed by atoms with E-state index in [1.807, 2.05) is 13.8 Å². The third kappa shape index (κ3) is 1.68. The first kappa shape index (κ1) is 12.6. The zero-order valence-electron chi connectivity index (χ0n) is 10.7. The summed E-state index contributed by atoms with van der Waals surface area (Å²) in [4.78, 5) is 23.5. The third-order valence-electron chi connectivity index (χ3n) is 3.80. The molecule has 0 saturated heterocycles. The van der Waals surface area contributed by atoms with Gasteiger partial charge in [-0.15, -0.1) is 0 Å². The Hall–Kier alpha value is -1.84. The third-order valence-corrected chi connectivity index (χ3v) is 3.80. The molecule has 1 aliphatic carbocycles. The monoisotopic (exact) mass is 248 g/mol. The van der Waals surface area contributed by atoms with Crippen LogP contribution in [-0.4, -0.2) is 24.0 Å². The highest BCUT2D eigenvalue weighted by molar-refractivity contribution is 6.15. The number of benzene rings is 1. The van der Waals surface area contributed by atoms with Gasteiger partial charge in [0, 0.05) is 5.56 Å². The van der Waals surface area contributed by atoms with E-state index in [1.54, 1.807) is 19.2 Å². The highest BCUT2D eigenvalue weighted by atomic mass is 16.5. The average molecular weight is 248 g/mol. The van der Waals surface area contributed by atoms with E-state index in [4.69, 9.17) is 9.84 Å². The minimum absolute atomic E-state index is 0.279. The van der Waals surface area contributed by atoms with Crippen molar-refractivity contribution in [3.05, 3.63) is 28.8 Å². The molecule has 1 aliphatic rings. The number of methoxy groups -OCH3 is 1. The fraction of sp³-hybridized carbons (Fsp3) is 0.429. The lowest BCUT2D eigenvalue weighted by Crippen LogP contribution is -2.26. The molecule has 1 aromatic rings. The van der Waals surface area contributed by atoms with Crippen molar-refractivity contribution in [1.29, 1.82) is 0 Å². The maximum absolute atomic E-state index is 12.3. The van der Waals surface area contributed by atoms with Crippen LogP contribution in [0.4, 0.5) is 0 Å². The number of ether oxygens (including phenoxy) is 1. The first-order chi connectivity index (χ1) is 8.44. The Morgan fingerprint density at radius 2 is 1.83 bits per heavy atom. The van der Waals surface area contributed by atoms with Crippen LogP contribution in [0.3, 0.4) is 0 Å². The molecule has 0 aromatic heterocycles. The summed E-state index contributed by atoms with van der Waals surface area (Å²) in [5.74, 6) is -0.581. The highest BCUT2D eigenvalue weighted by Crippen LogP contribution is 2.49. The van der Waals surface area contributed by atoms with Crippen LogP contribution in [0.5, 0.6) is 5.75 Å². The summed E-state index contributed by atoms with van der Waals surface area (Å²) < 4.78 is 5.18. The van der Waals surface area contributed by atoms with Gasteiger partial charge in [0.1, 0.15) is 11.2 Å². The van der Waals surface area contributed by atoms with Crippen LogP contribution < -0.4 is 4.74 Å². The maximum Gasteiger partial charge on any atom is 0.317 e. The first-order valence-electron chi connectivity index (χ1n) is 5.86. The van der Waals surface area contributed by atoms with E-state index < -0.39 is 11.4 Å². The predicted octanol–water partition coefficient (Wildman–Crippen LogP) is 2.36. The van der Waals surface area contributed by atoms with Gasteiger partial charge in [-0.3, -0.25) is 9.59 Å². The van der Waals surface area contributed by atoms with E-state index in [-0.39, 0.29) is 5.78 Å². The van der Waals surface area contributed by atoms with Crippen molar-refractivity contribution < 1.29 is 19.4 Å². The molecule has 18 heavy (non-hydrogen) atoms. The number of carbonyl (C=O) groups excluding carboxylic acids is 1. The average Bonchev–Trinajstić information content (AvgIpc) is 3.13. The van der Waals surface area contributed by atoms with Gasteiger partial charge >= 0.3 is 5.97 Å². The summed E-state index contributed by atoms with van der Waals surface area (Å²) >= 11 is 0. The molecule has 1 aromatic carbocycles. The molecule has 4 heteroatoms. The SMILES string of the molecule is COc1ccc(C(=O)C2(C(=O)O)CC2)c(C)c1C. The molecule has 1 N–H and O–H groups in total. The summed E-state index contributed by atoms with van der Waals surface area (Å²) in [5, 5.41) is 9.15. The molecule has 0 amide bonds. The van der Waals surface area contributed by atoms with E-state index in [1.165, 1.54) is 0 Å². The molecule has 1 saturated carbocycles. The van der Waals surface area contributed by atoms with Gasteiger partial charge in [0.2, 0.25) is 0 Å². The van der Waals surface area contributed by atoms with Crippen molar-refractivity contribution in [2.75, 3.05) is 7.11 Å². The Kier molecular flexibility index (Phi) is 2.89. The number of aliphatic carboxylic acids is 1. The van der Waals surface area contributed by atoms with Crippen LogP contribution in [0.15, 0.2) is 12.1 Å². The number of carboxylic acid groups (broad SMARTS) is 1. The quantitative estimate of drug-likeness (QED) is 0.656. The molecule has 0 heterocycles. The van der Waals surface area contributed by atoms with E-state index in [0.717, 1.165) is 11.1 Å². The van der Waals surface area contributed by atoms with Gasteiger partial charge in [-0.1, -0.05) is 0 Å². The molecule has 0 spiro atoms. The lowest BCUT2D eigenvalue weighted by molar-refractivity contribution is -0.141. The van der Waals surface area contributed by atoms with Crippen molar-refractivity contribution in [3.8, 4) is 5.75 Å². The molecule has 0 bridgehead atoms. The number of rotatable bonds is 4. The highest BCUT2D eigenvalue weighted by Gasteiger charge is 2.57. The van der Waals surface area contributed by atoms with Crippen molar-refractivity contribution in [2.24, 2.45) is 5.41 Å². The fourth-order valence-electron chi connectivity index (χ4n) is 2.18. The number of ketones is 1. The van der Waals surface area contributed by atoms with Crippen molar-refractivity contribution in [1.82, 2.24) is 0 Å². The second-order valence-corrected chi connectivity index (χ2v) is 4.78. The summed E-state index contributed by atoms with van der Waals surface area (Å²) in [5.41, 5.74) is 0.996. The topological polar surface area (TPSA) is 63.6 Å². The molecule has 1 fully saturated rings. The molecule has 0 radical (unpaired) electrons. The lowest BCUT2D eigenvalue weighted by atomic mass is 9.90. The van der Waals surface area contributed by atoms with Crippen LogP contribution in [0.1, 0.15) is 34.3 Å². The molecule has 0 atom stereocenters. The minimum Gasteiger partial charge on any atom is -0.496 e. The largest absolute Gasteiger partial charge is 0.496 e. The Bertz CT molecular complexity index is 527. The zero-order chi connectivity index (χ0) is 13.5. The Balaban J connectivity index is 2.44. The maximum atomic E-state index is 12.3. The Morgan fingerprint density at radius 1 is 1.22 bits per heavy atom. The van der Waals surface area contributed by atoms with Gasteiger partial charge in [-0.25, -0.2) is 0 Å². The van der Waals surface area contributed by atoms with Crippen LogP contribution in [0.25, 0.3) is 0 Å². The second kappa shape index (κ2) is 4.12. The number of hydrogen-bond acceptors (Lipinski definition) is 3. The van der Waals surface area contributed by atoms with Gasteiger partial charge in [0.05, 0.1) is 7.11 Å². The number of carboxylic acids is 1. The van der Waals surface area contributed by atoms with Crippen LogP contribution in [-0.2, 0) is 4.79 Å². The van der Waals surface area contributed by atoms with Gasteiger partial charge in [0.25, 0.3) is 0 Å². The number of carbonyl (C=O) groups is 2. The van der Waals surface area contributed by atoms with Gasteiger partial charge < -0.3 is 9.84 Å². The van der Waals surface area contributed by atoms with Gasteiger partial charge in [-0.05, 0) is 49.9 Å². The second-order valence-electron chi connectivity index (χ2n) is 4.78. The summed E-state index contributed by atoms with van der Waals surface area (Å²) in [6.45, 7) is 3.69. The Labute approximate surface area is 106 Å². The van der Waals surface area contributed by atoms with Crippen molar-refractivity contribution >= 4 is 11.8 Å². The van der Waals surface area contributed by atoms with Crippen LogP contribution >= 0.6 is 0 Å². The van der Waals surface area contributed by atoms with E-state index >= 15 is 0 Å². The molecular weight excluding hydrogens is 232 g/mol. The van der Waals surface area contributed by atoms with E-state index in [2.05, 4.69) is 0 Å². The van der Waals surface area contributed by atoms with Gasteiger partial charge in [-0.2, -0.15) is 0 Å². The van der Waals surface area contributed by atoms with Crippen molar-refractivity contribution in [3.63, 3.8) is 0 Å².